The van der Waals surface area contributed by atoms with Crippen molar-refractivity contribution in [3.63, 3.8) is 0 Å². The van der Waals surface area contributed by atoms with E-state index >= 15 is 0 Å². The van der Waals surface area contributed by atoms with E-state index in [9.17, 15) is 19.5 Å². The van der Waals surface area contributed by atoms with Crippen LogP contribution in [0.1, 0.15) is 50.2 Å². The van der Waals surface area contributed by atoms with Crippen molar-refractivity contribution in [3.8, 4) is 11.1 Å². The van der Waals surface area contributed by atoms with Crippen molar-refractivity contribution < 1.29 is 24.2 Å². The van der Waals surface area contributed by atoms with Crippen LogP contribution in [-0.2, 0) is 14.3 Å². The van der Waals surface area contributed by atoms with Gasteiger partial charge in [-0.1, -0.05) is 48.5 Å². The first-order chi connectivity index (χ1) is 16.1. The molecule has 2 amide bonds. The van der Waals surface area contributed by atoms with Crippen molar-refractivity contribution in [2.24, 2.45) is 11.3 Å². The molecular weight excluding hydrogens is 432 g/mol. The van der Waals surface area contributed by atoms with Crippen molar-refractivity contribution >= 4 is 18.0 Å². The van der Waals surface area contributed by atoms with Crippen molar-refractivity contribution in [3.05, 3.63) is 59.7 Å². The molecule has 3 aliphatic rings. The number of fused-ring (bicyclic) bond motifs is 4. The van der Waals surface area contributed by atoms with E-state index in [0.717, 1.165) is 17.5 Å². The molecular formula is C27H30N2O5. The summed E-state index contributed by atoms with van der Waals surface area (Å²) < 4.78 is 5.66. The van der Waals surface area contributed by atoms with Crippen LogP contribution in [0.5, 0.6) is 0 Å². The molecule has 0 saturated heterocycles. The van der Waals surface area contributed by atoms with Gasteiger partial charge in [0, 0.05) is 19.0 Å². The maximum absolute atomic E-state index is 13.1. The van der Waals surface area contributed by atoms with Gasteiger partial charge in [-0.15, -0.1) is 0 Å². The first kappa shape index (κ1) is 22.4. The minimum Gasteiger partial charge on any atom is -0.480 e. The number of carboxylic acid groups (broad SMARTS) is 1. The van der Waals surface area contributed by atoms with Gasteiger partial charge in [0.15, 0.2) is 0 Å². The lowest BCUT2D eigenvalue weighted by Crippen LogP contribution is -2.53. The molecule has 2 N–H and O–H groups in total. The monoisotopic (exact) mass is 462 g/mol. The highest BCUT2D eigenvalue weighted by molar-refractivity contribution is 5.92. The lowest BCUT2D eigenvalue weighted by atomic mass is 9.96. The van der Waals surface area contributed by atoms with Crippen molar-refractivity contribution in [1.82, 2.24) is 10.2 Å². The molecule has 0 bridgehead atoms. The Kier molecular flexibility index (Phi) is 5.19. The molecule has 0 aromatic heterocycles. The Bertz CT molecular complexity index is 1130. The van der Waals surface area contributed by atoms with Gasteiger partial charge >= 0.3 is 12.1 Å². The van der Waals surface area contributed by atoms with Gasteiger partial charge in [0.25, 0.3) is 0 Å². The normalized spacial score (nSPS) is 24.6. The predicted octanol–water partition coefficient (Wildman–Crippen LogP) is 4.02. The van der Waals surface area contributed by atoms with E-state index < -0.39 is 23.0 Å². The fraction of sp³-hybridized carbons (Fsp3) is 0.444. The third-order valence-electron chi connectivity index (χ3n) is 8.17. The van der Waals surface area contributed by atoms with Gasteiger partial charge in [-0.2, -0.15) is 0 Å². The minimum absolute atomic E-state index is 0.00468. The highest BCUT2D eigenvalue weighted by Gasteiger charge is 2.66. The second-order valence-corrected chi connectivity index (χ2v) is 10.4. The average molecular weight is 463 g/mol. The number of nitrogens with zero attached hydrogens (tertiary/aromatic N) is 1. The number of carbonyl (C=O) groups is 3. The van der Waals surface area contributed by atoms with Crippen LogP contribution in [0.4, 0.5) is 4.79 Å². The number of aliphatic carboxylic acids is 1. The first-order valence-electron chi connectivity index (χ1n) is 11.8. The third-order valence-corrected chi connectivity index (χ3v) is 8.17. The van der Waals surface area contributed by atoms with Crippen LogP contribution in [0, 0.1) is 11.3 Å². The fourth-order valence-corrected chi connectivity index (χ4v) is 5.80. The Balaban J connectivity index is 1.20. The molecule has 0 spiro atoms. The number of nitrogens with one attached hydrogen (secondary N) is 1. The van der Waals surface area contributed by atoms with E-state index in [-0.39, 0.29) is 30.4 Å². The number of alkyl carbamates (subject to hydrolysis) is 1. The second-order valence-electron chi connectivity index (χ2n) is 10.4. The molecule has 34 heavy (non-hydrogen) atoms. The predicted molar refractivity (Wildman–Crippen MR) is 126 cm³/mol. The number of amides is 2. The van der Waals surface area contributed by atoms with E-state index in [1.165, 1.54) is 29.9 Å². The number of rotatable bonds is 6. The summed E-state index contributed by atoms with van der Waals surface area (Å²) in [6, 6.07) is 16.2. The Morgan fingerprint density at radius 2 is 1.65 bits per heavy atom. The number of hydrogen-bond acceptors (Lipinski definition) is 4. The van der Waals surface area contributed by atoms with E-state index in [0.29, 0.717) is 12.8 Å². The summed E-state index contributed by atoms with van der Waals surface area (Å²) >= 11 is 0. The molecule has 0 radical (unpaired) electrons. The number of carboxylic acids is 1. The summed E-state index contributed by atoms with van der Waals surface area (Å²) in [4.78, 5) is 38.7. The van der Waals surface area contributed by atoms with Gasteiger partial charge in [0.2, 0.25) is 5.91 Å². The van der Waals surface area contributed by atoms with Crippen molar-refractivity contribution in [2.75, 3.05) is 13.7 Å². The second kappa shape index (κ2) is 7.86. The lowest BCUT2D eigenvalue weighted by Gasteiger charge is -2.34. The maximum atomic E-state index is 13.1. The van der Waals surface area contributed by atoms with Crippen LogP contribution in [-0.4, -0.2) is 53.2 Å². The average Bonchev–Trinajstić information content (AvgIpc) is 3.24. The Hall–Kier alpha value is -3.35. The topological polar surface area (TPSA) is 95.9 Å². The van der Waals surface area contributed by atoms with Gasteiger partial charge in [-0.25, -0.2) is 9.59 Å². The fourth-order valence-electron chi connectivity index (χ4n) is 5.80. The molecule has 7 heteroatoms. The Morgan fingerprint density at radius 3 is 2.24 bits per heavy atom. The standard InChI is InChI=1S/C27H30N2O5/c1-26(2,24(31)32)29(3)23(30)27-13-16(27)12-17(14-27)28-25(33)34-15-22-20-10-6-4-8-18(20)19-9-5-7-11-21(19)22/h4-11,16-17,22H,12-15H2,1-3H3,(H,28,33)(H,31,32). The summed E-state index contributed by atoms with van der Waals surface area (Å²) in [5.41, 5.74) is 2.83. The lowest BCUT2D eigenvalue weighted by molar-refractivity contribution is -0.157. The molecule has 2 aromatic carbocycles. The first-order valence-corrected chi connectivity index (χ1v) is 11.8. The largest absolute Gasteiger partial charge is 0.480 e. The zero-order valence-electron chi connectivity index (χ0n) is 19.7. The molecule has 5 rings (SSSR count). The molecule has 178 valence electrons. The summed E-state index contributed by atoms with van der Waals surface area (Å²) in [7, 11) is 1.55. The van der Waals surface area contributed by atoms with Crippen molar-refractivity contribution in [1.29, 1.82) is 0 Å². The van der Waals surface area contributed by atoms with Crippen LogP contribution >= 0.6 is 0 Å². The van der Waals surface area contributed by atoms with Gasteiger partial charge in [0.1, 0.15) is 12.1 Å². The van der Waals surface area contributed by atoms with Crippen LogP contribution in [0.15, 0.2) is 48.5 Å². The SMILES string of the molecule is CN(C(=O)C12CC(NC(=O)OCC3c4ccccc4-c4ccccc43)CC1C2)C(C)(C)C(=O)O. The minimum atomic E-state index is -1.28. The Labute approximate surface area is 199 Å². The number of likely N-dealkylation sites (N-methyl/N-ethyl adjacent to an activating group) is 1. The number of benzene rings is 2. The van der Waals surface area contributed by atoms with Gasteiger partial charge < -0.3 is 20.1 Å². The highest BCUT2D eigenvalue weighted by atomic mass is 16.5. The van der Waals surface area contributed by atoms with Crippen LogP contribution in [0.2, 0.25) is 0 Å². The van der Waals surface area contributed by atoms with Crippen LogP contribution in [0.3, 0.4) is 0 Å². The number of ether oxygens (including phenoxy) is 1. The molecule has 2 saturated carbocycles. The van der Waals surface area contributed by atoms with Crippen LogP contribution < -0.4 is 5.32 Å². The molecule has 3 aliphatic carbocycles. The van der Waals surface area contributed by atoms with Crippen LogP contribution in [0.25, 0.3) is 11.1 Å². The molecule has 3 unspecified atom stereocenters. The quantitative estimate of drug-likeness (QED) is 0.676. The van der Waals surface area contributed by atoms with E-state index in [1.54, 1.807) is 7.05 Å². The van der Waals surface area contributed by atoms with E-state index in [4.69, 9.17) is 4.74 Å². The van der Waals surface area contributed by atoms with E-state index in [1.807, 2.05) is 24.3 Å². The highest BCUT2D eigenvalue weighted by Crippen LogP contribution is 2.64. The van der Waals surface area contributed by atoms with E-state index in [2.05, 4.69) is 29.6 Å². The summed E-state index contributed by atoms with van der Waals surface area (Å²) in [5, 5.41) is 12.4. The smallest absolute Gasteiger partial charge is 0.407 e. The Morgan fingerprint density at radius 1 is 1.06 bits per heavy atom. The van der Waals surface area contributed by atoms with Gasteiger partial charge in [0.05, 0.1) is 5.41 Å². The molecule has 0 heterocycles. The number of hydrogen-bond donors (Lipinski definition) is 2. The summed E-state index contributed by atoms with van der Waals surface area (Å²) in [6.45, 7) is 3.31. The summed E-state index contributed by atoms with van der Waals surface area (Å²) in [5.74, 6) is -1.02. The molecule has 7 nitrogen and oxygen atoms in total. The molecule has 2 aromatic rings. The molecule has 3 atom stereocenters. The third kappa shape index (κ3) is 3.45. The summed E-state index contributed by atoms with van der Waals surface area (Å²) in [6.07, 6.45) is 1.49. The molecule has 0 aliphatic heterocycles. The number of carbonyl (C=O) groups excluding carboxylic acids is 2. The van der Waals surface area contributed by atoms with Crippen molar-refractivity contribution in [2.45, 2.75) is 50.6 Å². The molecule has 2 fully saturated rings. The zero-order chi connectivity index (χ0) is 24.3. The van der Waals surface area contributed by atoms with Gasteiger partial charge in [-0.05, 0) is 61.3 Å². The van der Waals surface area contributed by atoms with Gasteiger partial charge in [-0.3, -0.25) is 4.79 Å². The maximum Gasteiger partial charge on any atom is 0.407 e. The zero-order valence-corrected chi connectivity index (χ0v) is 19.7.